The van der Waals surface area contributed by atoms with Crippen LogP contribution in [0.4, 0.5) is 11.4 Å². The van der Waals surface area contributed by atoms with E-state index in [2.05, 4.69) is 73.2 Å². The molecule has 0 spiro atoms. The minimum absolute atomic E-state index is 0.00689. The highest BCUT2D eigenvalue weighted by Gasteiger charge is 2.06. The van der Waals surface area contributed by atoms with Gasteiger partial charge in [-0.05, 0) is 72.2 Å². The molecule has 3 aromatic carbocycles. The van der Waals surface area contributed by atoms with Crippen molar-refractivity contribution in [3.8, 4) is 11.1 Å². The summed E-state index contributed by atoms with van der Waals surface area (Å²) in [6.07, 6.45) is 7.15. The van der Waals surface area contributed by atoms with Crippen molar-refractivity contribution in [3.63, 3.8) is 0 Å². The summed E-state index contributed by atoms with van der Waals surface area (Å²) in [4.78, 5) is 46.6. The number of nitrogens with one attached hydrogen (secondary N) is 4. The first-order chi connectivity index (χ1) is 26.8. The smallest absolute Gasteiger partial charge is 0.250 e. The third-order valence-corrected chi connectivity index (χ3v) is 8.00. The number of carbonyl (C=O) groups excluding carboxylic acids is 4. The van der Waals surface area contributed by atoms with Gasteiger partial charge in [0.1, 0.15) is 26.4 Å². The van der Waals surface area contributed by atoms with Crippen LogP contribution in [0.2, 0.25) is 0 Å². The summed E-state index contributed by atoms with van der Waals surface area (Å²) in [6.45, 7) is 10.7. The van der Waals surface area contributed by atoms with Crippen molar-refractivity contribution in [3.05, 3.63) is 83.9 Å². The van der Waals surface area contributed by atoms with E-state index in [-0.39, 0.29) is 76.5 Å². The van der Waals surface area contributed by atoms with Crippen LogP contribution in [-0.4, -0.2) is 89.6 Å². The van der Waals surface area contributed by atoms with Gasteiger partial charge in [0.2, 0.25) is 23.6 Å². The molecule has 0 bridgehead atoms. The van der Waals surface area contributed by atoms with E-state index in [1.807, 2.05) is 48.5 Å². The fourth-order valence-corrected chi connectivity index (χ4v) is 4.97. The lowest BCUT2D eigenvalue weighted by molar-refractivity contribution is -0.127. The molecule has 0 saturated heterocycles. The maximum absolute atomic E-state index is 12.0. The predicted octanol–water partition coefficient (Wildman–Crippen LogP) is 6.33. The minimum atomic E-state index is -0.228. The second kappa shape index (κ2) is 29.7. The van der Waals surface area contributed by atoms with Crippen LogP contribution in [0.1, 0.15) is 70.9 Å². The van der Waals surface area contributed by atoms with Gasteiger partial charge in [-0.3, -0.25) is 19.2 Å². The molecule has 0 unspecified atom stereocenters. The SMILES string of the molecule is CCCCNC(=O)COCCOCC(=O)Nc1ccc(-c2ccc(CCC)cc2)cc1.CCCCNC(=O)COCCOCC(=O)Nc1cccc(CC)c1. The van der Waals surface area contributed by atoms with Gasteiger partial charge >= 0.3 is 0 Å². The fraction of sp³-hybridized carbons (Fsp3) is 0.488. The molecule has 0 heterocycles. The van der Waals surface area contributed by atoms with Gasteiger partial charge in [0, 0.05) is 24.5 Å². The Bertz CT molecular complexity index is 1520. The molecular formula is C43H62N4O8. The number of aryl methyl sites for hydroxylation is 2. The van der Waals surface area contributed by atoms with Crippen molar-refractivity contribution < 1.29 is 38.1 Å². The summed E-state index contributed by atoms with van der Waals surface area (Å²) < 4.78 is 21.0. The fourth-order valence-electron chi connectivity index (χ4n) is 4.97. The summed E-state index contributed by atoms with van der Waals surface area (Å²) in [5.74, 6) is -0.696. The van der Waals surface area contributed by atoms with Gasteiger partial charge in [0.25, 0.3) is 0 Å². The molecule has 0 aliphatic rings. The lowest BCUT2D eigenvalue weighted by Gasteiger charge is -2.09. The molecule has 0 aromatic heterocycles. The average Bonchev–Trinajstić information content (AvgIpc) is 3.19. The molecule has 12 heteroatoms. The zero-order valence-corrected chi connectivity index (χ0v) is 33.2. The highest BCUT2D eigenvalue weighted by atomic mass is 16.5. The Hall–Kier alpha value is -4.62. The van der Waals surface area contributed by atoms with E-state index in [9.17, 15) is 19.2 Å². The molecule has 0 radical (unpaired) electrons. The minimum Gasteiger partial charge on any atom is -0.369 e. The highest BCUT2D eigenvalue weighted by molar-refractivity contribution is 5.92. The summed E-state index contributed by atoms with van der Waals surface area (Å²) in [5.41, 5.74) is 6.26. The molecule has 0 aliphatic heterocycles. The predicted molar refractivity (Wildman–Crippen MR) is 218 cm³/mol. The van der Waals surface area contributed by atoms with Crippen LogP contribution in [0, 0.1) is 0 Å². The Morgan fingerprint density at radius 2 is 0.945 bits per heavy atom. The Morgan fingerprint density at radius 1 is 0.491 bits per heavy atom. The first kappa shape index (κ1) is 46.5. The van der Waals surface area contributed by atoms with Crippen molar-refractivity contribution in [2.24, 2.45) is 0 Å². The topological polar surface area (TPSA) is 153 Å². The van der Waals surface area contributed by atoms with Gasteiger partial charge in [-0.1, -0.05) is 95.5 Å². The number of unbranched alkanes of at least 4 members (excludes halogenated alkanes) is 2. The Labute approximate surface area is 327 Å². The molecule has 0 aliphatic carbocycles. The second-order valence-corrected chi connectivity index (χ2v) is 12.8. The number of hydrogen-bond acceptors (Lipinski definition) is 8. The Morgan fingerprint density at radius 3 is 1.40 bits per heavy atom. The van der Waals surface area contributed by atoms with E-state index in [0.717, 1.165) is 67.4 Å². The molecule has 4 amide bonds. The number of hydrogen-bond donors (Lipinski definition) is 4. The number of rotatable bonds is 26. The molecule has 0 saturated carbocycles. The maximum atomic E-state index is 12.0. The number of anilines is 2. The van der Waals surface area contributed by atoms with Crippen LogP contribution < -0.4 is 21.3 Å². The molecule has 12 nitrogen and oxygen atoms in total. The maximum Gasteiger partial charge on any atom is 0.250 e. The number of amides is 4. The number of carbonyl (C=O) groups is 4. The third-order valence-electron chi connectivity index (χ3n) is 8.00. The van der Waals surface area contributed by atoms with Crippen LogP contribution in [0.25, 0.3) is 11.1 Å². The molecule has 4 N–H and O–H groups in total. The molecule has 55 heavy (non-hydrogen) atoms. The summed E-state index contributed by atoms with van der Waals surface area (Å²) >= 11 is 0. The van der Waals surface area contributed by atoms with E-state index in [0.29, 0.717) is 13.1 Å². The molecule has 3 aromatic rings. The first-order valence-corrected chi connectivity index (χ1v) is 19.5. The van der Waals surface area contributed by atoms with E-state index in [4.69, 9.17) is 18.9 Å². The van der Waals surface area contributed by atoms with Crippen LogP contribution in [0.5, 0.6) is 0 Å². The van der Waals surface area contributed by atoms with E-state index in [1.54, 1.807) is 0 Å². The summed E-state index contributed by atoms with van der Waals surface area (Å²) in [5, 5.41) is 11.1. The Balaban J connectivity index is 0.000000393. The monoisotopic (exact) mass is 762 g/mol. The van der Waals surface area contributed by atoms with Gasteiger partial charge in [-0.2, -0.15) is 0 Å². The van der Waals surface area contributed by atoms with E-state index >= 15 is 0 Å². The van der Waals surface area contributed by atoms with Crippen LogP contribution >= 0.6 is 0 Å². The van der Waals surface area contributed by atoms with Crippen molar-refractivity contribution >= 4 is 35.0 Å². The first-order valence-electron chi connectivity index (χ1n) is 19.5. The normalized spacial score (nSPS) is 10.5. The van der Waals surface area contributed by atoms with E-state index < -0.39 is 0 Å². The van der Waals surface area contributed by atoms with Gasteiger partial charge in [-0.15, -0.1) is 0 Å². The average molecular weight is 763 g/mol. The van der Waals surface area contributed by atoms with Gasteiger partial charge < -0.3 is 40.2 Å². The summed E-state index contributed by atoms with van der Waals surface area (Å²) in [7, 11) is 0. The largest absolute Gasteiger partial charge is 0.369 e. The lowest BCUT2D eigenvalue weighted by atomic mass is 10.0. The van der Waals surface area contributed by atoms with E-state index in [1.165, 1.54) is 11.1 Å². The van der Waals surface area contributed by atoms with Crippen molar-refractivity contribution in [1.82, 2.24) is 10.6 Å². The van der Waals surface area contributed by atoms with Crippen molar-refractivity contribution in [2.75, 3.05) is 76.6 Å². The molecule has 3 rings (SSSR count). The van der Waals surface area contributed by atoms with Gasteiger partial charge in [-0.25, -0.2) is 0 Å². The van der Waals surface area contributed by atoms with Gasteiger partial charge in [0.15, 0.2) is 0 Å². The van der Waals surface area contributed by atoms with Crippen LogP contribution in [0.3, 0.4) is 0 Å². The number of ether oxygens (including phenoxy) is 4. The molecule has 0 atom stereocenters. The third kappa shape index (κ3) is 22.4. The molecule has 0 fully saturated rings. The zero-order valence-electron chi connectivity index (χ0n) is 33.2. The zero-order chi connectivity index (χ0) is 39.9. The molecule has 302 valence electrons. The van der Waals surface area contributed by atoms with Crippen LogP contribution in [0.15, 0.2) is 72.8 Å². The van der Waals surface area contributed by atoms with Crippen LogP contribution in [-0.2, 0) is 51.0 Å². The van der Waals surface area contributed by atoms with Crippen molar-refractivity contribution in [1.29, 1.82) is 0 Å². The number of benzene rings is 3. The second-order valence-electron chi connectivity index (χ2n) is 12.8. The summed E-state index contributed by atoms with van der Waals surface area (Å²) in [6, 6.07) is 24.0. The lowest BCUT2D eigenvalue weighted by Crippen LogP contribution is -2.29. The Kier molecular flexibility index (Phi) is 25.1. The highest BCUT2D eigenvalue weighted by Crippen LogP contribution is 2.22. The molecular weight excluding hydrogens is 700 g/mol. The quantitative estimate of drug-likeness (QED) is 0.0693. The van der Waals surface area contributed by atoms with Crippen molar-refractivity contribution in [2.45, 2.75) is 72.6 Å². The van der Waals surface area contributed by atoms with Gasteiger partial charge in [0.05, 0.1) is 26.4 Å². The standard InChI is InChI=1S/C25H34N2O4.C18H28N2O4/c1-3-5-15-26-24(28)18-30-16-17-31-19-25(29)27-23-13-11-22(12-14-23)21-9-7-20(6-4-2)8-10-21;1-3-5-9-19-17(21)13-23-10-11-24-14-18(22)20-16-8-6-7-15(4-2)12-16/h7-14H,3-6,15-19H2,1-2H3,(H,26,28)(H,27,29);6-8,12H,3-5,9-11,13-14H2,1-2H3,(H,19,21)(H,20,22).